The van der Waals surface area contributed by atoms with Gasteiger partial charge in [-0.3, -0.25) is 0 Å². The molecule has 0 radical (unpaired) electrons. The SMILES string of the molecule is CNC(CSCC(O)CO)c1ccc(C(C)C)cc1. The summed E-state index contributed by atoms with van der Waals surface area (Å²) in [7, 11) is 1.95. The molecule has 1 rings (SSSR count). The van der Waals surface area contributed by atoms with E-state index in [0.29, 0.717) is 11.7 Å². The fraction of sp³-hybridized carbons (Fsp3) is 0.600. The molecule has 0 fully saturated rings. The minimum atomic E-state index is -0.620. The molecule has 0 aromatic heterocycles. The number of rotatable bonds is 8. The highest BCUT2D eigenvalue weighted by Crippen LogP contribution is 2.21. The Morgan fingerprint density at radius 3 is 2.16 bits per heavy atom. The molecule has 0 spiro atoms. The second-order valence-electron chi connectivity index (χ2n) is 5.04. The Morgan fingerprint density at radius 2 is 1.68 bits per heavy atom. The van der Waals surface area contributed by atoms with Crippen molar-refractivity contribution in [3.8, 4) is 0 Å². The van der Waals surface area contributed by atoms with Crippen LogP contribution in [0.1, 0.15) is 36.9 Å². The summed E-state index contributed by atoms with van der Waals surface area (Å²) < 4.78 is 0. The van der Waals surface area contributed by atoms with E-state index < -0.39 is 6.10 Å². The first-order valence-electron chi connectivity index (χ1n) is 6.72. The molecule has 1 aromatic carbocycles. The molecule has 2 atom stereocenters. The lowest BCUT2D eigenvalue weighted by molar-refractivity contribution is 0.113. The van der Waals surface area contributed by atoms with E-state index in [1.54, 1.807) is 11.8 Å². The number of hydrogen-bond donors (Lipinski definition) is 3. The van der Waals surface area contributed by atoms with Gasteiger partial charge in [-0.15, -0.1) is 0 Å². The molecule has 0 heterocycles. The van der Waals surface area contributed by atoms with E-state index >= 15 is 0 Å². The van der Waals surface area contributed by atoms with Crippen molar-refractivity contribution in [3.05, 3.63) is 35.4 Å². The maximum Gasteiger partial charge on any atom is 0.0861 e. The maximum absolute atomic E-state index is 9.32. The van der Waals surface area contributed by atoms with Gasteiger partial charge < -0.3 is 15.5 Å². The molecule has 3 N–H and O–H groups in total. The zero-order valence-corrected chi connectivity index (χ0v) is 12.8. The van der Waals surface area contributed by atoms with E-state index in [2.05, 4.69) is 43.4 Å². The molecule has 0 bridgehead atoms. The lowest BCUT2D eigenvalue weighted by Gasteiger charge is -2.18. The van der Waals surface area contributed by atoms with Gasteiger partial charge in [0.15, 0.2) is 0 Å². The van der Waals surface area contributed by atoms with Crippen molar-refractivity contribution in [2.45, 2.75) is 31.9 Å². The highest BCUT2D eigenvalue weighted by Gasteiger charge is 2.11. The summed E-state index contributed by atoms with van der Waals surface area (Å²) in [6.45, 7) is 4.22. The zero-order valence-electron chi connectivity index (χ0n) is 12.0. The molecule has 0 aliphatic heterocycles. The summed E-state index contributed by atoms with van der Waals surface area (Å²) in [4.78, 5) is 0. The molecular weight excluding hydrogens is 258 g/mol. The number of hydrogen-bond acceptors (Lipinski definition) is 4. The van der Waals surface area contributed by atoms with E-state index in [1.165, 1.54) is 11.1 Å². The van der Waals surface area contributed by atoms with Crippen LogP contribution in [0.15, 0.2) is 24.3 Å². The van der Waals surface area contributed by atoms with Crippen LogP contribution in [0.3, 0.4) is 0 Å². The highest BCUT2D eigenvalue weighted by atomic mass is 32.2. The first kappa shape index (κ1) is 16.5. The molecule has 3 nitrogen and oxygen atoms in total. The van der Waals surface area contributed by atoms with Crippen molar-refractivity contribution in [1.29, 1.82) is 0 Å². The normalized spacial score (nSPS) is 14.6. The van der Waals surface area contributed by atoms with Crippen molar-refractivity contribution < 1.29 is 10.2 Å². The fourth-order valence-corrected chi connectivity index (χ4v) is 2.94. The fourth-order valence-electron chi connectivity index (χ4n) is 1.83. The van der Waals surface area contributed by atoms with Crippen molar-refractivity contribution in [3.63, 3.8) is 0 Å². The molecule has 0 saturated carbocycles. The van der Waals surface area contributed by atoms with Crippen molar-refractivity contribution in [2.24, 2.45) is 0 Å². The molecule has 4 heteroatoms. The van der Waals surface area contributed by atoms with Gasteiger partial charge in [0.1, 0.15) is 0 Å². The van der Waals surface area contributed by atoms with Gasteiger partial charge >= 0.3 is 0 Å². The van der Waals surface area contributed by atoms with Gasteiger partial charge in [0.25, 0.3) is 0 Å². The number of thioether (sulfide) groups is 1. The average molecular weight is 283 g/mol. The predicted octanol–water partition coefficient (Wildman–Crippen LogP) is 2.16. The van der Waals surface area contributed by atoms with Crippen LogP contribution < -0.4 is 5.32 Å². The van der Waals surface area contributed by atoms with Gasteiger partial charge in [-0.1, -0.05) is 38.1 Å². The average Bonchev–Trinajstić information content (AvgIpc) is 2.43. The number of nitrogens with one attached hydrogen (secondary N) is 1. The quantitative estimate of drug-likeness (QED) is 0.684. The van der Waals surface area contributed by atoms with Crippen LogP contribution in [0, 0.1) is 0 Å². The summed E-state index contributed by atoms with van der Waals surface area (Å²) in [6.07, 6.45) is -0.620. The van der Waals surface area contributed by atoms with E-state index in [0.717, 1.165) is 5.75 Å². The largest absolute Gasteiger partial charge is 0.394 e. The third-order valence-corrected chi connectivity index (χ3v) is 4.35. The molecule has 19 heavy (non-hydrogen) atoms. The Bertz CT molecular complexity index is 354. The standard InChI is InChI=1S/C15H25NO2S/c1-11(2)12-4-6-13(7-5-12)15(16-3)10-19-9-14(18)8-17/h4-7,11,14-18H,8-10H2,1-3H3. The summed E-state index contributed by atoms with van der Waals surface area (Å²) in [6, 6.07) is 8.96. The Hall–Kier alpha value is -0.550. The highest BCUT2D eigenvalue weighted by molar-refractivity contribution is 7.99. The molecule has 108 valence electrons. The Balaban J connectivity index is 2.54. The maximum atomic E-state index is 9.32. The second-order valence-corrected chi connectivity index (χ2v) is 6.11. The van der Waals surface area contributed by atoms with Gasteiger partial charge in [-0.05, 0) is 24.1 Å². The summed E-state index contributed by atoms with van der Waals surface area (Å²) in [5.74, 6) is 2.00. The zero-order chi connectivity index (χ0) is 14.3. The van der Waals surface area contributed by atoms with Crippen molar-refractivity contribution in [2.75, 3.05) is 25.2 Å². The topological polar surface area (TPSA) is 52.5 Å². The van der Waals surface area contributed by atoms with E-state index in [1.807, 2.05) is 7.05 Å². The van der Waals surface area contributed by atoms with Crippen molar-refractivity contribution in [1.82, 2.24) is 5.32 Å². The van der Waals surface area contributed by atoms with Crippen LogP contribution in [-0.2, 0) is 0 Å². The summed E-state index contributed by atoms with van der Waals surface area (Å²) in [5, 5.41) is 21.4. The molecule has 0 amide bonds. The van der Waals surface area contributed by atoms with Crippen LogP contribution in [0.4, 0.5) is 0 Å². The molecule has 0 saturated heterocycles. The Labute approximate surface area is 120 Å². The summed E-state index contributed by atoms with van der Waals surface area (Å²) in [5.41, 5.74) is 2.61. The van der Waals surface area contributed by atoms with Gasteiger partial charge in [0.2, 0.25) is 0 Å². The molecule has 0 aliphatic carbocycles. The van der Waals surface area contributed by atoms with Gasteiger partial charge in [-0.2, -0.15) is 11.8 Å². The third kappa shape index (κ3) is 5.53. The first-order valence-corrected chi connectivity index (χ1v) is 7.87. The third-order valence-electron chi connectivity index (χ3n) is 3.16. The van der Waals surface area contributed by atoms with Crippen LogP contribution in [0.5, 0.6) is 0 Å². The van der Waals surface area contributed by atoms with E-state index in [9.17, 15) is 5.11 Å². The first-order chi connectivity index (χ1) is 9.08. The number of aliphatic hydroxyl groups excluding tert-OH is 2. The predicted molar refractivity (Wildman–Crippen MR) is 82.7 cm³/mol. The van der Waals surface area contributed by atoms with Gasteiger partial charge in [0, 0.05) is 17.5 Å². The monoisotopic (exact) mass is 283 g/mol. The molecular formula is C15H25NO2S. The number of benzene rings is 1. The van der Waals surface area contributed by atoms with Gasteiger partial charge in [0.05, 0.1) is 12.7 Å². The molecule has 2 unspecified atom stereocenters. The van der Waals surface area contributed by atoms with Crippen molar-refractivity contribution >= 4 is 11.8 Å². The van der Waals surface area contributed by atoms with Crippen LogP contribution >= 0.6 is 11.8 Å². The smallest absolute Gasteiger partial charge is 0.0861 e. The van der Waals surface area contributed by atoms with Crippen LogP contribution in [-0.4, -0.2) is 41.5 Å². The lowest BCUT2D eigenvalue weighted by atomic mass is 10.00. The minimum absolute atomic E-state index is 0.166. The van der Waals surface area contributed by atoms with Crippen LogP contribution in [0.2, 0.25) is 0 Å². The van der Waals surface area contributed by atoms with E-state index in [4.69, 9.17) is 5.11 Å². The lowest BCUT2D eigenvalue weighted by Crippen LogP contribution is -2.21. The Kier molecular flexibility index (Phi) is 7.46. The summed E-state index contributed by atoms with van der Waals surface area (Å²) >= 11 is 1.65. The second kappa shape index (κ2) is 8.59. The number of aliphatic hydroxyl groups is 2. The Morgan fingerprint density at radius 1 is 1.11 bits per heavy atom. The van der Waals surface area contributed by atoms with Crippen LogP contribution in [0.25, 0.3) is 0 Å². The minimum Gasteiger partial charge on any atom is -0.394 e. The molecule has 1 aromatic rings. The molecule has 0 aliphatic rings. The van der Waals surface area contributed by atoms with Gasteiger partial charge in [-0.25, -0.2) is 0 Å². The van der Waals surface area contributed by atoms with E-state index in [-0.39, 0.29) is 12.6 Å².